The van der Waals surface area contributed by atoms with Gasteiger partial charge in [0.05, 0.1) is 12.1 Å². The molecule has 2 saturated heterocycles. The van der Waals surface area contributed by atoms with Gasteiger partial charge in [0.2, 0.25) is 5.89 Å². The molecule has 0 saturated carbocycles. The number of aromatic nitrogens is 2. The first-order valence-electron chi connectivity index (χ1n) is 8.16. The molecule has 0 spiro atoms. The second-order valence-electron chi connectivity index (χ2n) is 6.05. The molecule has 0 aromatic carbocycles. The van der Waals surface area contributed by atoms with E-state index in [-0.39, 0.29) is 6.04 Å². The third kappa shape index (κ3) is 3.62. The van der Waals surface area contributed by atoms with Gasteiger partial charge < -0.3 is 9.26 Å². The van der Waals surface area contributed by atoms with Crippen LogP contribution in [0.1, 0.15) is 44.4 Å². The average molecular weight is 294 g/mol. The van der Waals surface area contributed by atoms with Crippen LogP contribution in [0.15, 0.2) is 4.52 Å². The molecular formula is C15H26N4O2. The molecule has 0 amide bonds. The fourth-order valence-corrected chi connectivity index (χ4v) is 3.15. The van der Waals surface area contributed by atoms with Crippen LogP contribution in [0, 0.1) is 0 Å². The first kappa shape index (κ1) is 14.9. The number of ether oxygens (including phenoxy) is 1. The van der Waals surface area contributed by atoms with Gasteiger partial charge >= 0.3 is 0 Å². The molecule has 2 aliphatic heterocycles. The van der Waals surface area contributed by atoms with Crippen molar-refractivity contribution in [1.82, 2.24) is 19.9 Å². The summed E-state index contributed by atoms with van der Waals surface area (Å²) in [6.07, 6.45) is 3.72. The Hall–Kier alpha value is -0.980. The van der Waals surface area contributed by atoms with E-state index in [1.807, 2.05) is 6.92 Å². The predicted molar refractivity (Wildman–Crippen MR) is 79.1 cm³/mol. The maximum absolute atomic E-state index is 5.73. The van der Waals surface area contributed by atoms with Crippen LogP contribution in [0.4, 0.5) is 0 Å². The molecule has 0 bridgehead atoms. The van der Waals surface area contributed by atoms with Gasteiger partial charge in [0.25, 0.3) is 0 Å². The number of aryl methyl sites for hydroxylation is 1. The van der Waals surface area contributed by atoms with Crippen molar-refractivity contribution in [2.45, 2.75) is 45.3 Å². The van der Waals surface area contributed by atoms with Gasteiger partial charge in [0.15, 0.2) is 5.82 Å². The van der Waals surface area contributed by atoms with Crippen molar-refractivity contribution in [1.29, 1.82) is 0 Å². The summed E-state index contributed by atoms with van der Waals surface area (Å²) >= 11 is 0. The molecule has 2 aliphatic rings. The SMILES string of the molecule is CCc1noc(C(C)N2CCN(CC3CCCO3)CC2)n1. The summed E-state index contributed by atoms with van der Waals surface area (Å²) in [5, 5.41) is 3.99. The maximum Gasteiger partial charge on any atom is 0.243 e. The Morgan fingerprint density at radius 1 is 1.29 bits per heavy atom. The van der Waals surface area contributed by atoms with E-state index in [1.54, 1.807) is 0 Å². The van der Waals surface area contributed by atoms with Crippen molar-refractivity contribution in [2.24, 2.45) is 0 Å². The minimum Gasteiger partial charge on any atom is -0.377 e. The van der Waals surface area contributed by atoms with E-state index in [0.717, 1.165) is 57.5 Å². The smallest absolute Gasteiger partial charge is 0.243 e. The zero-order valence-corrected chi connectivity index (χ0v) is 13.1. The fraction of sp³-hybridized carbons (Fsp3) is 0.867. The molecule has 3 heterocycles. The molecule has 1 aromatic heterocycles. The van der Waals surface area contributed by atoms with E-state index < -0.39 is 0 Å². The molecule has 3 rings (SSSR count). The van der Waals surface area contributed by atoms with Gasteiger partial charge in [-0.3, -0.25) is 9.80 Å². The van der Waals surface area contributed by atoms with E-state index in [0.29, 0.717) is 6.10 Å². The maximum atomic E-state index is 5.73. The lowest BCUT2D eigenvalue weighted by atomic mass is 10.2. The second kappa shape index (κ2) is 6.85. The van der Waals surface area contributed by atoms with Gasteiger partial charge in [-0.1, -0.05) is 12.1 Å². The molecule has 2 unspecified atom stereocenters. The van der Waals surface area contributed by atoms with E-state index in [1.165, 1.54) is 12.8 Å². The van der Waals surface area contributed by atoms with Crippen molar-refractivity contribution in [2.75, 3.05) is 39.3 Å². The van der Waals surface area contributed by atoms with Crippen molar-refractivity contribution in [3.05, 3.63) is 11.7 Å². The Bertz CT molecular complexity index is 437. The number of rotatable bonds is 5. The lowest BCUT2D eigenvalue weighted by Gasteiger charge is -2.37. The van der Waals surface area contributed by atoms with Crippen LogP contribution in [0.3, 0.4) is 0 Å². The normalized spacial score (nSPS) is 26.3. The molecule has 21 heavy (non-hydrogen) atoms. The number of piperazine rings is 1. The quantitative estimate of drug-likeness (QED) is 0.820. The van der Waals surface area contributed by atoms with E-state index in [4.69, 9.17) is 9.26 Å². The third-order valence-electron chi connectivity index (χ3n) is 4.60. The molecule has 2 fully saturated rings. The molecule has 2 atom stereocenters. The average Bonchev–Trinajstić information content (AvgIpc) is 3.18. The van der Waals surface area contributed by atoms with Crippen molar-refractivity contribution in [3.8, 4) is 0 Å². The van der Waals surface area contributed by atoms with Gasteiger partial charge in [0.1, 0.15) is 0 Å². The molecule has 1 aromatic rings. The highest BCUT2D eigenvalue weighted by atomic mass is 16.5. The lowest BCUT2D eigenvalue weighted by molar-refractivity contribution is 0.0379. The Kier molecular flexibility index (Phi) is 4.87. The summed E-state index contributed by atoms with van der Waals surface area (Å²) < 4.78 is 11.1. The van der Waals surface area contributed by atoms with Crippen LogP contribution < -0.4 is 0 Å². The van der Waals surface area contributed by atoms with E-state index in [2.05, 4.69) is 26.9 Å². The Morgan fingerprint density at radius 3 is 2.71 bits per heavy atom. The molecule has 0 aliphatic carbocycles. The first-order chi connectivity index (χ1) is 10.3. The number of nitrogens with zero attached hydrogens (tertiary/aromatic N) is 4. The third-order valence-corrected chi connectivity index (χ3v) is 4.60. The molecule has 6 heteroatoms. The van der Waals surface area contributed by atoms with Crippen molar-refractivity contribution < 1.29 is 9.26 Å². The Labute approximate surface area is 126 Å². The summed E-state index contributed by atoms with van der Waals surface area (Å²) in [5.74, 6) is 1.55. The zero-order chi connectivity index (χ0) is 14.7. The minimum absolute atomic E-state index is 0.211. The van der Waals surface area contributed by atoms with Gasteiger partial charge in [-0.15, -0.1) is 0 Å². The summed E-state index contributed by atoms with van der Waals surface area (Å²) in [6, 6.07) is 0.211. The van der Waals surface area contributed by atoms with Crippen LogP contribution in [0.5, 0.6) is 0 Å². The lowest BCUT2D eigenvalue weighted by Crippen LogP contribution is -2.49. The largest absolute Gasteiger partial charge is 0.377 e. The standard InChI is InChI=1S/C15H26N4O2/c1-3-14-16-15(21-17-14)12(2)19-8-6-18(7-9-19)11-13-5-4-10-20-13/h12-13H,3-11H2,1-2H3. The van der Waals surface area contributed by atoms with Gasteiger partial charge in [-0.2, -0.15) is 4.98 Å². The van der Waals surface area contributed by atoms with Crippen LogP contribution in [0.2, 0.25) is 0 Å². The molecule has 0 radical (unpaired) electrons. The molecule has 0 N–H and O–H groups in total. The van der Waals surface area contributed by atoms with Crippen LogP contribution in [-0.4, -0.2) is 65.4 Å². The van der Waals surface area contributed by atoms with Crippen LogP contribution >= 0.6 is 0 Å². The van der Waals surface area contributed by atoms with Gasteiger partial charge in [-0.25, -0.2) is 0 Å². The molecular weight excluding hydrogens is 268 g/mol. The van der Waals surface area contributed by atoms with Crippen molar-refractivity contribution in [3.63, 3.8) is 0 Å². The predicted octanol–water partition coefficient (Wildman–Crippen LogP) is 1.49. The first-order valence-corrected chi connectivity index (χ1v) is 8.16. The van der Waals surface area contributed by atoms with E-state index >= 15 is 0 Å². The topological polar surface area (TPSA) is 54.6 Å². The fourth-order valence-electron chi connectivity index (χ4n) is 3.15. The zero-order valence-electron chi connectivity index (χ0n) is 13.1. The highest BCUT2D eigenvalue weighted by Gasteiger charge is 2.27. The Morgan fingerprint density at radius 2 is 2.10 bits per heavy atom. The number of hydrogen-bond acceptors (Lipinski definition) is 6. The van der Waals surface area contributed by atoms with Gasteiger partial charge in [-0.05, 0) is 19.8 Å². The van der Waals surface area contributed by atoms with Crippen LogP contribution in [-0.2, 0) is 11.2 Å². The summed E-state index contributed by atoms with van der Waals surface area (Å²) in [6.45, 7) is 10.5. The summed E-state index contributed by atoms with van der Waals surface area (Å²) in [7, 11) is 0. The van der Waals surface area contributed by atoms with Gasteiger partial charge in [0, 0.05) is 45.8 Å². The van der Waals surface area contributed by atoms with Crippen molar-refractivity contribution >= 4 is 0 Å². The highest BCUT2D eigenvalue weighted by molar-refractivity contribution is 4.93. The van der Waals surface area contributed by atoms with E-state index in [9.17, 15) is 0 Å². The summed E-state index contributed by atoms with van der Waals surface area (Å²) in [5.41, 5.74) is 0. The molecule has 6 nitrogen and oxygen atoms in total. The highest BCUT2D eigenvalue weighted by Crippen LogP contribution is 2.21. The van der Waals surface area contributed by atoms with Crippen LogP contribution in [0.25, 0.3) is 0 Å². The molecule has 118 valence electrons. The summed E-state index contributed by atoms with van der Waals surface area (Å²) in [4.78, 5) is 9.40. The number of hydrogen-bond donors (Lipinski definition) is 0. The Balaban J connectivity index is 1.48. The second-order valence-corrected chi connectivity index (χ2v) is 6.05. The monoisotopic (exact) mass is 294 g/mol. The minimum atomic E-state index is 0.211.